The molecule has 3 rings (SSSR count). The number of nitrogens with one attached hydrogen (secondary N) is 1. The molecule has 0 unspecified atom stereocenters. The molecule has 0 saturated carbocycles. The zero-order valence-corrected chi connectivity index (χ0v) is 12.8. The first kappa shape index (κ1) is 14.4. The molecule has 0 atom stereocenters. The van der Waals surface area contributed by atoms with E-state index in [0.717, 1.165) is 5.56 Å². The van der Waals surface area contributed by atoms with Crippen molar-refractivity contribution in [1.82, 2.24) is 9.97 Å². The average molecular weight is 317 g/mol. The van der Waals surface area contributed by atoms with Gasteiger partial charge in [0.1, 0.15) is 16.7 Å². The fourth-order valence-corrected chi connectivity index (χ4v) is 2.41. The lowest BCUT2D eigenvalue weighted by atomic mass is 10.1. The van der Waals surface area contributed by atoms with Gasteiger partial charge in [0.15, 0.2) is 0 Å². The van der Waals surface area contributed by atoms with Gasteiger partial charge in [-0.05, 0) is 24.3 Å². The SMILES string of the molecule is COc1cc(OC)cc(-c2cc3cnc(Cl)cc3c(=O)[nH]2)c1. The van der Waals surface area contributed by atoms with E-state index in [9.17, 15) is 4.79 Å². The molecule has 22 heavy (non-hydrogen) atoms. The standard InChI is InChI=1S/C16H13ClN2O3/c1-21-11-3-9(4-12(6-11)22-2)14-5-10-8-18-15(17)7-13(10)16(20)19-14/h3-8H,1-2H3,(H,19,20). The summed E-state index contributed by atoms with van der Waals surface area (Å²) < 4.78 is 10.5. The first-order chi connectivity index (χ1) is 10.6. The number of halogens is 1. The molecule has 1 N–H and O–H groups in total. The van der Waals surface area contributed by atoms with E-state index < -0.39 is 0 Å². The summed E-state index contributed by atoms with van der Waals surface area (Å²) in [6, 6.07) is 8.80. The first-order valence-corrected chi connectivity index (χ1v) is 6.90. The molecule has 0 aliphatic carbocycles. The van der Waals surface area contributed by atoms with E-state index in [4.69, 9.17) is 21.1 Å². The van der Waals surface area contributed by atoms with Crippen molar-refractivity contribution in [1.29, 1.82) is 0 Å². The van der Waals surface area contributed by atoms with Gasteiger partial charge in [0.05, 0.1) is 19.6 Å². The lowest BCUT2D eigenvalue weighted by molar-refractivity contribution is 0.394. The number of ether oxygens (including phenoxy) is 2. The van der Waals surface area contributed by atoms with Crippen LogP contribution in [0.5, 0.6) is 11.5 Å². The number of aromatic amines is 1. The van der Waals surface area contributed by atoms with Crippen molar-refractivity contribution in [2.45, 2.75) is 0 Å². The Morgan fingerprint density at radius 3 is 2.36 bits per heavy atom. The van der Waals surface area contributed by atoms with Crippen molar-refractivity contribution >= 4 is 22.4 Å². The highest BCUT2D eigenvalue weighted by Crippen LogP contribution is 2.29. The Balaban J connectivity index is 2.22. The van der Waals surface area contributed by atoms with Crippen LogP contribution in [0.4, 0.5) is 0 Å². The summed E-state index contributed by atoms with van der Waals surface area (Å²) in [5.41, 5.74) is 1.21. The highest BCUT2D eigenvalue weighted by molar-refractivity contribution is 6.30. The van der Waals surface area contributed by atoms with E-state index in [1.165, 1.54) is 0 Å². The summed E-state index contributed by atoms with van der Waals surface area (Å²) in [4.78, 5) is 19.1. The number of hydrogen-bond acceptors (Lipinski definition) is 4. The Hall–Kier alpha value is -2.53. The minimum absolute atomic E-state index is 0.224. The molecular formula is C16H13ClN2O3. The van der Waals surface area contributed by atoms with Gasteiger partial charge in [-0.2, -0.15) is 0 Å². The zero-order valence-electron chi connectivity index (χ0n) is 12.0. The second kappa shape index (κ2) is 5.69. The van der Waals surface area contributed by atoms with Gasteiger partial charge in [0, 0.05) is 28.9 Å². The third-order valence-corrected chi connectivity index (χ3v) is 3.56. The Labute approximate surface area is 131 Å². The molecule has 0 radical (unpaired) electrons. The topological polar surface area (TPSA) is 64.2 Å². The zero-order chi connectivity index (χ0) is 15.7. The van der Waals surface area contributed by atoms with Crippen LogP contribution in [0, 0.1) is 0 Å². The number of pyridine rings is 2. The van der Waals surface area contributed by atoms with E-state index in [0.29, 0.717) is 28.0 Å². The third-order valence-electron chi connectivity index (χ3n) is 3.36. The molecule has 6 heteroatoms. The fraction of sp³-hybridized carbons (Fsp3) is 0.125. The quantitative estimate of drug-likeness (QED) is 0.753. The van der Waals surface area contributed by atoms with Crippen molar-refractivity contribution in [3.8, 4) is 22.8 Å². The van der Waals surface area contributed by atoms with Crippen molar-refractivity contribution in [2.24, 2.45) is 0 Å². The number of rotatable bonds is 3. The molecule has 0 fully saturated rings. The molecule has 0 aliphatic rings. The monoisotopic (exact) mass is 316 g/mol. The van der Waals surface area contributed by atoms with Gasteiger partial charge in [-0.3, -0.25) is 4.79 Å². The number of aromatic nitrogens is 2. The molecule has 0 saturated heterocycles. The van der Waals surface area contributed by atoms with Gasteiger partial charge in [-0.1, -0.05) is 11.6 Å². The first-order valence-electron chi connectivity index (χ1n) is 6.53. The second-order valence-corrected chi connectivity index (χ2v) is 5.10. The summed E-state index contributed by atoms with van der Waals surface area (Å²) in [5.74, 6) is 1.29. The number of hydrogen-bond donors (Lipinski definition) is 1. The van der Waals surface area contributed by atoms with Crippen LogP contribution in [-0.4, -0.2) is 24.2 Å². The fourth-order valence-electron chi connectivity index (χ4n) is 2.25. The molecule has 0 spiro atoms. The number of benzene rings is 1. The predicted molar refractivity (Wildman–Crippen MR) is 85.9 cm³/mol. The normalized spacial score (nSPS) is 10.7. The molecule has 1 aromatic carbocycles. The van der Waals surface area contributed by atoms with Gasteiger partial charge in [-0.25, -0.2) is 4.98 Å². The highest BCUT2D eigenvalue weighted by atomic mass is 35.5. The largest absolute Gasteiger partial charge is 0.497 e. The van der Waals surface area contributed by atoms with E-state index in [1.54, 1.807) is 32.5 Å². The maximum absolute atomic E-state index is 12.2. The molecule has 5 nitrogen and oxygen atoms in total. The molecule has 0 aliphatic heterocycles. The molecule has 0 amide bonds. The summed E-state index contributed by atoms with van der Waals surface area (Å²) in [6.45, 7) is 0. The van der Waals surface area contributed by atoms with Gasteiger partial charge in [0.25, 0.3) is 5.56 Å². The lowest BCUT2D eigenvalue weighted by Gasteiger charge is -2.09. The third kappa shape index (κ3) is 2.63. The summed E-state index contributed by atoms with van der Waals surface area (Å²) >= 11 is 5.83. The molecule has 0 bridgehead atoms. The molecule has 2 heterocycles. The smallest absolute Gasteiger partial charge is 0.256 e. The van der Waals surface area contributed by atoms with Crippen LogP contribution in [0.3, 0.4) is 0 Å². The van der Waals surface area contributed by atoms with E-state index in [2.05, 4.69) is 9.97 Å². The van der Waals surface area contributed by atoms with Gasteiger partial charge >= 0.3 is 0 Å². The van der Waals surface area contributed by atoms with Crippen molar-refractivity contribution in [2.75, 3.05) is 14.2 Å². The molecule has 3 aromatic rings. The molecular weight excluding hydrogens is 304 g/mol. The summed E-state index contributed by atoms with van der Waals surface area (Å²) in [6.07, 6.45) is 1.58. The van der Waals surface area contributed by atoms with E-state index >= 15 is 0 Å². The van der Waals surface area contributed by atoms with Gasteiger partial charge < -0.3 is 14.5 Å². The van der Waals surface area contributed by atoms with Crippen LogP contribution < -0.4 is 15.0 Å². The van der Waals surface area contributed by atoms with E-state index in [1.807, 2.05) is 18.2 Å². The van der Waals surface area contributed by atoms with E-state index in [-0.39, 0.29) is 10.7 Å². The van der Waals surface area contributed by atoms with Crippen LogP contribution in [0.25, 0.3) is 22.0 Å². The van der Waals surface area contributed by atoms with Crippen molar-refractivity contribution < 1.29 is 9.47 Å². The number of fused-ring (bicyclic) bond motifs is 1. The minimum atomic E-state index is -0.224. The van der Waals surface area contributed by atoms with Gasteiger partial charge in [0.2, 0.25) is 0 Å². The Morgan fingerprint density at radius 2 is 1.73 bits per heavy atom. The van der Waals surface area contributed by atoms with Crippen LogP contribution >= 0.6 is 11.6 Å². The maximum atomic E-state index is 12.2. The second-order valence-electron chi connectivity index (χ2n) is 4.71. The Bertz CT molecular complexity index is 883. The van der Waals surface area contributed by atoms with Crippen molar-refractivity contribution in [3.05, 3.63) is 52.0 Å². The summed E-state index contributed by atoms with van der Waals surface area (Å²) in [5, 5.41) is 1.50. The van der Waals surface area contributed by atoms with Crippen LogP contribution in [0.2, 0.25) is 5.15 Å². The van der Waals surface area contributed by atoms with Gasteiger partial charge in [-0.15, -0.1) is 0 Å². The Morgan fingerprint density at radius 1 is 1.05 bits per heavy atom. The molecule has 2 aromatic heterocycles. The number of methoxy groups -OCH3 is 2. The highest BCUT2D eigenvalue weighted by Gasteiger charge is 2.08. The Kier molecular flexibility index (Phi) is 3.73. The predicted octanol–water partition coefficient (Wildman–Crippen LogP) is 3.26. The van der Waals surface area contributed by atoms with Crippen LogP contribution in [0.15, 0.2) is 41.3 Å². The minimum Gasteiger partial charge on any atom is -0.497 e. The van der Waals surface area contributed by atoms with Crippen LogP contribution in [0.1, 0.15) is 0 Å². The molecule has 112 valence electrons. The number of H-pyrrole nitrogens is 1. The average Bonchev–Trinajstić information content (AvgIpc) is 2.54. The maximum Gasteiger partial charge on any atom is 0.256 e. The lowest BCUT2D eigenvalue weighted by Crippen LogP contribution is -2.07. The number of nitrogens with zero attached hydrogens (tertiary/aromatic N) is 1. The van der Waals surface area contributed by atoms with Crippen LogP contribution in [-0.2, 0) is 0 Å². The van der Waals surface area contributed by atoms with Crippen molar-refractivity contribution in [3.63, 3.8) is 0 Å². The summed E-state index contributed by atoms with van der Waals surface area (Å²) in [7, 11) is 3.15.